The van der Waals surface area contributed by atoms with Gasteiger partial charge in [0.05, 0.1) is 21.5 Å². The summed E-state index contributed by atoms with van der Waals surface area (Å²) in [7, 11) is 0. The molecule has 152 valence electrons. The summed E-state index contributed by atoms with van der Waals surface area (Å²) in [5.74, 6) is 0.474. The van der Waals surface area contributed by atoms with Crippen molar-refractivity contribution in [3.8, 4) is 11.3 Å². The van der Waals surface area contributed by atoms with Gasteiger partial charge < -0.3 is 9.73 Å². The van der Waals surface area contributed by atoms with Gasteiger partial charge in [0, 0.05) is 23.3 Å². The Morgan fingerprint density at radius 1 is 0.967 bits per heavy atom. The maximum Gasteiger partial charge on any atom is 0.327 e. The van der Waals surface area contributed by atoms with Crippen LogP contribution < -0.4 is 16.6 Å². The van der Waals surface area contributed by atoms with E-state index in [0.717, 1.165) is 0 Å². The Hall–Kier alpha value is -3.03. The molecule has 1 unspecified atom stereocenters. The molecule has 3 N–H and O–H groups in total. The van der Waals surface area contributed by atoms with E-state index in [9.17, 15) is 14.4 Å². The van der Waals surface area contributed by atoms with Crippen LogP contribution in [0.2, 0.25) is 10.0 Å². The van der Waals surface area contributed by atoms with Gasteiger partial charge in [0.25, 0.3) is 5.56 Å². The second-order valence-electron chi connectivity index (χ2n) is 7.25. The number of H-pyrrole nitrogens is 2. The number of allylic oxidation sites excluding steroid dienone is 2. The first-order chi connectivity index (χ1) is 14.4. The Balaban J connectivity index is 1.69. The molecule has 0 radical (unpaired) electrons. The van der Waals surface area contributed by atoms with E-state index in [4.69, 9.17) is 27.6 Å². The lowest BCUT2D eigenvalue weighted by Gasteiger charge is -2.31. The molecular formula is C21H15Cl2N3O4. The van der Waals surface area contributed by atoms with Crippen molar-refractivity contribution in [3.05, 3.63) is 83.8 Å². The second-order valence-corrected chi connectivity index (χ2v) is 8.07. The summed E-state index contributed by atoms with van der Waals surface area (Å²) in [6.07, 6.45) is 1.74. The number of carbonyl (C=O) groups excluding carboxylic acids is 1. The van der Waals surface area contributed by atoms with Crippen molar-refractivity contribution in [2.24, 2.45) is 0 Å². The number of aromatic amines is 2. The molecule has 7 nitrogen and oxygen atoms in total. The number of nitrogens with one attached hydrogen (secondary N) is 3. The van der Waals surface area contributed by atoms with Gasteiger partial charge in [-0.15, -0.1) is 0 Å². The maximum atomic E-state index is 12.8. The summed E-state index contributed by atoms with van der Waals surface area (Å²) in [4.78, 5) is 42.2. The molecule has 1 aromatic carbocycles. The predicted molar refractivity (Wildman–Crippen MR) is 113 cm³/mol. The third kappa shape index (κ3) is 3.02. The fourth-order valence-electron chi connectivity index (χ4n) is 4.09. The number of rotatable bonds is 2. The summed E-state index contributed by atoms with van der Waals surface area (Å²) in [6, 6.07) is 8.61. The Morgan fingerprint density at radius 2 is 1.80 bits per heavy atom. The van der Waals surface area contributed by atoms with Crippen LogP contribution in [0.1, 0.15) is 36.5 Å². The van der Waals surface area contributed by atoms with Crippen LogP contribution in [0.15, 0.2) is 55.6 Å². The first kappa shape index (κ1) is 19.0. The molecule has 30 heavy (non-hydrogen) atoms. The number of carbonyl (C=O) groups is 1. The normalized spacial score (nSPS) is 18.1. The van der Waals surface area contributed by atoms with Crippen LogP contribution >= 0.6 is 23.2 Å². The molecule has 0 bridgehead atoms. The maximum absolute atomic E-state index is 12.8. The number of benzene rings is 1. The van der Waals surface area contributed by atoms with E-state index >= 15 is 0 Å². The molecule has 0 amide bonds. The van der Waals surface area contributed by atoms with Crippen LogP contribution in [0.3, 0.4) is 0 Å². The summed E-state index contributed by atoms with van der Waals surface area (Å²) in [5, 5.41) is 3.89. The Bertz CT molecular complexity index is 1350. The summed E-state index contributed by atoms with van der Waals surface area (Å²) >= 11 is 12.1. The number of fused-ring (bicyclic) bond motifs is 1. The lowest BCUT2D eigenvalue weighted by Crippen LogP contribution is -2.35. The Kier molecular flexibility index (Phi) is 4.45. The van der Waals surface area contributed by atoms with Crippen LogP contribution in [0, 0.1) is 0 Å². The highest BCUT2D eigenvalue weighted by atomic mass is 35.5. The predicted octanol–water partition coefficient (Wildman–Crippen LogP) is 4.19. The highest BCUT2D eigenvalue weighted by Gasteiger charge is 2.39. The molecule has 3 aromatic rings. The molecule has 9 heteroatoms. The van der Waals surface area contributed by atoms with Gasteiger partial charge in [-0.1, -0.05) is 23.2 Å². The molecule has 5 rings (SSSR count). The topological polar surface area (TPSA) is 108 Å². The SMILES string of the molecule is O=C1CCCC2=C1C(c1ccc(-c3ccc(Cl)c(Cl)c3)o1)c1c([nH]c(=O)[nH]c1=O)N2. The van der Waals surface area contributed by atoms with Crippen LogP contribution in [-0.2, 0) is 4.79 Å². The zero-order chi connectivity index (χ0) is 21.0. The summed E-state index contributed by atoms with van der Waals surface area (Å²) in [5.41, 5.74) is 0.984. The average Bonchev–Trinajstić information content (AvgIpc) is 3.18. The number of anilines is 1. The van der Waals surface area contributed by atoms with Gasteiger partial charge in [0.2, 0.25) is 0 Å². The molecular weight excluding hydrogens is 429 g/mol. The molecule has 1 aliphatic carbocycles. The minimum atomic E-state index is -0.721. The second kappa shape index (κ2) is 7.04. The van der Waals surface area contributed by atoms with Crippen molar-refractivity contribution < 1.29 is 9.21 Å². The number of furan rings is 1. The van der Waals surface area contributed by atoms with E-state index in [2.05, 4.69) is 15.3 Å². The van der Waals surface area contributed by atoms with E-state index in [-0.39, 0.29) is 17.2 Å². The highest BCUT2D eigenvalue weighted by Crippen LogP contribution is 2.44. The van der Waals surface area contributed by atoms with Crippen LogP contribution in [0.25, 0.3) is 11.3 Å². The van der Waals surface area contributed by atoms with Gasteiger partial charge >= 0.3 is 5.69 Å². The third-order valence-corrected chi connectivity index (χ3v) is 6.14. The van der Waals surface area contributed by atoms with Gasteiger partial charge in [0.1, 0.15) is 17.3 Å². The van der Waals surface area contributed by atoms with Gasteiger partial charge in [-0.05, 0) is 43.2 Å². The summed E-state index contributed by atoms with van der Waals surface area (Å²) < 4.78 is 6.08. The smallest absolute Gasteiger partial charge is 0.327 e. The number of Topliss-reactive ketones (excluding diaryl/α,β-unsaturated/α-hetero) is 1. The molecule has 0 fully saturated rings. The van der Waals surface area contributed by atoms with E-state index in [1.54, 1.807) is 30.3 Å². The monoisotopic (exact) mass is 443 g/mol. The van der Waals surface area contributed by atoms with Crippen molar-refractivity contribution in [2.45, 2.75) is 25.2 Å². The minimum absolute atomic E-state index is 0.0440. The average molecular weight is 444 g/mol. The zero-order valence-electron chi connectivity index (χ0n) is 15.5. The minimum Gasteiger partial charge on any atom is -0.460 e. The molecule has 0 spiro atoms. The van der Waals surface area contributed by atoms with Crippen molar-refractivity contribution >= 4 is 34.8 Å². The fourth-order valence-corrected chi connectivity index (χ4v) is 4.39. The molecule has 1 atom stereocenters. The van der Waals surface area contributed by atoms with Crippen molar-refractivity contribution in [2.75, 3.05) is 5.32 Å². The first-order valence-electron chi connectivity index (χ1n) is 9.37. The van der Waals surface area contributed by atoms with E-state index in [1.165, 1.54) is 0 Å². The quantitative estimate of drug-likeness (QED) is 0.549. The molecule has 2 aromatic heterocycles. The standard InChI is InChI=1S/C21H15Cl2N3O4/c22-10-5-4-9(8-11(10)23)14-6-7-15(30-14)17-16-12(2-1-3-13(16)27)24-19-18(17)20(28)26-21(29)25-19/h4-8,17H,1-3H2,(H3,24,25,26,28,29). The van der Waals surface area contributed by atoms with Gasteiger partial charge in [-0.2, -0.15) is 0 Å². The van der Waals surface area contributed by atoms with Gasteiger partial charge in [-0.3, -0.25) is 19.6 Å². The first-order valence-corrected chi connectivity index (χ1v) is 10.1. The molecule has 2 aliphatic rings. The number of ketones is 1. The number of aromatic nitrogens is 2. The van der Waals surface area contributed by atoms with Gasteiger partial charge in [-0.25, -0.2) is 4.79 Å². The van der Waals surface area contributed by atoms with Gasteiger partial charge in [0.15, 0.2) is 5.78 Å². The number of halogens is 2. The number of hydrogen-bond acceptors (Lipinski definition) is 5. The molecule has 0 saturated carbocycles. The lowest BCUT2D eigenvalue weighted by molar-refractivity contribution is -0.116. The number of hydrogen-bond donors (Lipinski definition) is 3. The van der Waals surface area contributed by atoms with Crippen molar-refractivity contribution in [3.63, 3.8) is 0 Å². The van der Waals surface area contributed by atoms with E-state index < -0.39 is 17.2 Å². The van der Waals surface area contributed by atoms with E-state index in [1.807, 2.05) is 0 Å². The van der Waals surface area contributed by atoms with Crippen molar-refractivity contribution in [1.82, 2.24) is 9.97 Å². The lowest BCUT2D eigenvalue weighted by atomic mass is 9.79. The summed E-state index contributed by atoms with van der Waals surface area (Å²) in [6.45, 7) is 0. The van der Waals surface area contributed by atoms with E-state index in [0.29, 0.717) is 57.7 Å². The highest BCUT2D eigenvalue weighted by molar-refractivity contribution is 6.42. The molecule has 3 heterocycles. The Morgan fingerprint density at radius 3 is 2.60 bits per heavy atom. The fraction of sp³-hybridized carbons (Fsp3) is 0.190. The third-order valence-electron chi connectivity index (χ3n) is 5.40. The van der Waals surface area contributed by atoms with Crippen LogP contribution in [-0.4, -0.2) is 15.8 Å². The largest absolute Gasteiger partial charge is 0.460 e. The van der Waals surface area contributed by atoms with Crippen LogP contribution in [0.4, 0.5) is 5.82 Å². The molecule has 1 aliphatic heterocycles. The molecule has 0 saturated heterocycles. The van der Waals surface area contributed by atoms with Crippen molar-refractivity contribution in [1.29, 1.82) is 0 Å². The zero-order valence-corrected chi connectivity index (χ0v) is 17.0. The van der Waals surface area contributed by atoms with Crippen LogP contribution in [0.5, 0.6) is 0 Å². The Labute approximate surface area is 179 Å².